The molecule has 33 heavy (non-hydrogen) atoms. The van der Waals surface area contributed by atoms with Gasteiger partial charge in [0.05, 0.1) is 0 Å². The third-order valence-electron chi connectivity index (χ3n) is 5.69. The number of halogens is 9. The topological polar surface area (TPSA) is 18.5 Å². The summed E-state index contributed by atoms with van der Waals surface area (Å²) in [4.78, 5) is 0. The zero-order chi connectivity index (χ0) is 24.6. The Morgan fingerprint density at radius 1 is 0.758 bits per heavy atom. The van der Waals surface area contributed by atoms with Crippen molar-refractivity contribution in [3.63, 3.8) is 0 Å². The molecule has 0 saturated heterocycles. The Bertz CT molecular complexity index is 950. The molecule has 182 valence electrons. The van der Waals surface area contributed by atoms with Crippen molar-refractivity contribution in [2.75, 3.05) is 0 Å². The van der Waals surface area contributed by atoms with E-state index in [0.717, 1.165) is 31.4 Å². The number of alkyl halides is 5. The first kappa shape index (κ1) is 25.0. The van der Waals surface area contributed by atoms with E-state index >= 15 is 0 Å². The molecule has 1 saturated carbocycles. The van der Waals surface area contributed by atoms with Crippen molar-refractivity contribution in [3.05, 3.63) is 58.7 Å². The molecule has 0 radical (unpaired) electrons. The maximum Gasteiger partial charge on any atom is 0.573 e. The van der Waals surface area contributed by atoms with E-state index in [1.165, 1.54) is 0 Å². The van der Waals surface area contributed by atoms with Crippen LogP contribution in [0.25, 0.3) is 0 Å². The molecule has 3 rings (SSSR count). The summed E-state index contributed by atoms with van der Waals surface area (Å²) < 4.78 is 129. The standard InChI is InChI=1S/C22H19F9O2/c1-2-11-3-5-12(6-4-11)13-7-15(23)19(16(24)8-13)21(27,28)32-14-9-17(25)20(18(26)10-14)33-22(29,30)31/h7-12H,2-6H2,1H3. The van der Waals surface area contributed by atoms with Gasteiger partial charge in [-0.05, 0) is 55.2 Å². The van der Waals surface area contributed by atoms with E-state index in [2.05, 4.69) is 9.47 Å². The van der Waals surface area contributed by atoms with Crippen LogP contribution in [0.1, 0.15) is 56.1 Å². The summed E-state index contributed by atoms with van der Waals surface area (Å²) in [6.45, 7) is 2.04. The first-order valence-electron chi connectivity index (χ1n) is 10.1. The lowest BCUT2D eigenvalue weighted by Crippen LogP contribution is -2.26. The Morgan fingerprint density at radius 2 is 1.27 bits per heavy atom. The van der Waals surface area contributed by atoms with E-state index in [1.807, 2.05) is 6.92 Å². The van der Waals surface area contributed by atoms with Gasteiger partial charge in [-0.15, -0.1) is 13.2 Å². The van der Waals surface area contributed by atoms with E-state index in [4.69, 9.17) is 0 Å². The van der Waals surface area contributed by atoms with Crippen LogP contribution in [0.5, 0.6) is 11.5 Å². The van der Waals surface area contributed by atoms with Crippen LogP contribution >= 0.6 is 0 Å². The molecule has 11 heteroatoms. The highest BCUT2D eigenvalue weighted by Gasteiger charge is 2.42. The minimum atomic E-state index is -5.45. The van der Waals surface area contributed by atoms with Crippen LogP contribution in [0.2, 0.25) is 0 Å². The van der Waals surface area contributed by atoms with Crippen molar-refractivity contribution < 1.29 is 49.0 Å². The Kier molecular flexibility index (Phi) is 7.09. The smallest absolute Gasteiger partial charge is 0.429 e. The molecule has 2 nitrogen and oxygen atoms in total. The third-order valence-corrected chi connectivity index (χ3v) is 5.69. The van der Waals surface area contributed by atoms with Crippen molar-refractivity contribution in [1.29, 1.82) is 0 Å². The normalized spacial score (nSPS) is 19.5. The van der Waals surface area contributed by atoms with Gasteiger partial charge in [-0.1, -0.05) is 13.3 Å². The molecule has 1 aliphatic carbocycles. The fourth-order valence-electron chi connectivity index (χ4n) is 4.02. The Hall–Kier alpha value is -2.59. The molecule has 0 heterocycles. The van der Waals surface area contributed by atoms with E-state index < -0.39 is 52.8 Å². The van der Waals surface area contributed by atoms with Gasteiger partial charge in [-0.3, -0.25) is 0 Å². The summed E-state index contributed by atoms with van der Waals surface area (Å²) in [7, 11) is 0. The lowest BCUT2D eigenvalue weighted by Gasteiger charge is -2.28. The Morgan fingerprint density at radius 3 is 1.73 bits per heavy atom. The number of benzene rings is 2. The zero-order valence-electron chi connectivity index (χ0n) is 17.2. The van der Waals surface area contributed by atoms with E-state index in [-0.39, 0.29) is 23.6 Å². The molecule has 0 amide bonds. The maximum atomic E-state index is 14.5. The first-order valence-corrected chi connectivity index (χ1v) is 10.1. The predicted molar refractivity (Wildman–Crippen MR) is 98.9 cm³/mol. The molecule has 0 atom stereocenters. The van der Waals surface area contributed by atoms with Gasteiger partial charge in [0.15, 0.2) is 11.6 Å². The molecule has 0 aromatic heterocycles. The highest BCUT2D eigenvalue weighted by Crippen LogP contribution is 2.41. The number of hydrogen-bond donors (Lipinski definition) is 0. The van der Waals surface area contributed by atoms with Crippen LogP contribution in [0.4, 0.5) is 39.5 Å². The van der Waals surface area contributed by atoms with Crippen molar-refractivity contribution in [2.45, 2.75) is 57.4 Å². The third kappa shape index (κ3) is 5.86. The summed E-state index contributed by atoms with van der Waals surface area (Å²) in [6, 6.07) is 1.50. The fraction of sp³-hybridized carbons (Fsp3) is 0.455. The molecule has 0 N–H and O–H groups in total. The maximum absolute atomic E-state index is 14.5. The quantitative estimate of drug-likeness (QED) is 0.386. The summed E-state index contributed by atoms with van der Waals surface area (Å²) >= 11 is 0. The highest BCUT2D eigenvalue weighted by molar-refractivity contribution is 5.37. The highest BCUT2D eigenvalue weighted by atomic mass is 19.4. The number of hydrogen-bond acceptors (Lipinski definition) is 2. The van der Waals surface area contributed by atoms with E-state index in [0.29, 0.717) is 18.8 Å². The van der Waals surface area contributed by atoms with Gasteiger partial charge in [0.1, 0.15) is 22.9 Å². The van der Waals surface area contributed by atoms with Crippen LogP contribution in [0.3, 0.4) is 0 Å². The summed E-state index contributed by atoms with van der Waals surface area (Å²) in [6.07, 6.45) is -6.21. The molecule has 1 fully saturated rings. The van der Waals surface area contributed by atoms with Gasteiger partial charge >= 0.3 is 12.5 Å². The predicted octanol–water partition coefficient (Wildman–Crippen LogP) is 7.95. The van der Waals surface area contributed by atoms with Crippen LogP contribution in [-0.4, -0.2) is 6.36 Å². The number of rotatable bonds is 6. The zero-order valence-corrected chi connectivity index (χ0v) is 17.2. The average molecular weight is 486 g/mol. The van der Waals surface area contributed by atoms with Gasteiger partial charge < -0.3 is 9.47 Å². The van der Waals surface area contributed by atoms with Crippen molar-refractivity contribution >= 4 is 0 Å². The van der Waals surface area contributed by atoms with Crippen LogP contribution in [0.15, 0.2) is 24.3 Å². The van der Waals surface area contributed by atoms with Gasteiger partial charge in [-0.25, -0.2) is 17.6 Å². The molecular weight excluding hydrogens is 467 g/mol. The van der Waals surface area contributed by atoms with Crippen molar-refractivity contribution in [3.8, 4) is 11.5 Å². The second kappa shape index (κ2) is 9.34. The Labute approximate surface area is 183 Å². The lowest BCUT2D eigenvalue weighted by atomic mass is 9.77. The average Bonchev–Trinajstić information content (AvgIpc) is 2.69. The molecule has 0 spiro atoms. The van der Waals surface area contributed by atoms with Gasteiger partial charge in [0.2, 0.25) is 5.75 Å². The van der Waals surface area contributed by atoms with Crippen molar-refractivity contribution in [1.82, 2.24) is 0 Å². The van der Waals surface area contributed by atoms with Gasteiger partial charge in [-0.2, -0.15) is 8.78 Å². The SMILES string of the molecule is CCC1CCC(c2cc(F)c(C(F)(F)Oc3cc(F)c(OC(F)(F)F)c(F)c3)c(F)c2)CC1. The van der Waals surface area contributed by atoms with Crippen LogP contribution < -0.4 is 9.47 Å². The largest absolute Gasteiger partial charge is 0.573 e. The minimum absolute atomic E-state index is 0.0194. The second-order valence-electron chi connectivity index (χ2n) is 7.87. The van der Waals surface area contributed by atoms with Crippen LogP contribution in [0, 0.1) is 29.2 Å². The molecule has 0 aliphatic heterocycles. The molecule has 2 aromatic carbocycles. The van der Waals surface area contributed by atoms with Crippen LogP contribution in [-0.2, 0) is 6.11 Å². The lowest BCUT2D eigenvalue weighted by molar-refractivity contribution is -0.276. The van der Waals surface area contributed by atoms with Gasteiger partial charge in [0, 0.05) is 12.1 Å². The van der Waals surface area contributed by atoms with Gasteiger partial charge in [0.25, 0.3) is 0 Å². The summed E-state index contributed by atoms with van der Waals surface area (Å²) in [5.41, 5.74) is -1.57. The number of ether oxygens (including phenoxy) is 2. The summed E-state index contributed by atoms with van der Waals surface area (Å²) in [5.74, 6) is -10.1. The molecule has 1 aliphatic rings. The molecular formula is C22H19F9O2. The molecule has 2 aromatic rings. The Balaban J connectivity index is 1.84. The minimum Gasteiger partial charge on any atom is -0.429 e. The fourth-order valence-corrected chi connectivity index (χ4v) is 4.02. The summed E-state index contributed by atoms with van der Waals surface area (Å²) in [5, 5.41) is 0. The monoisotopic (exact) mass is 486 g/mol. The first-order chi connectivity index (χ1) is 15.3. The second-order valence-corrected chi connectivity index (χ2v) is 7.87. The van der Waals surface area contributed by atoms with Crippen molar-refractivity contribution in [2.24, 2.45) is 5.92 Å². The van der Waals surface area contributed by atoms with E-state index in [1.54, 1.807) is 0 Å². The van der Waals surface area contributed by atoms with E-state index in [9.17, 15) is 39.5 Å². The molecule has 0 unspecified atom stereocenters. The molecule has 0 bridgehead atoms.